The van der Waals surface area contributed by atoms with Crippen LogP contribution < -0.4 is 5.32 Å². The highest BCUT2D eigenvalue weighted by Crippen LogP contribution is 2.29. The number of nitrogens with zero attached hydrogens (tertiary/aromatic N) is 2. The van der Waals surface area contributed by atoms with Crippen molar-refractivity contribution >= 4 is 28.1 Å². The Morgan fingerprint density at radius 3 is 2.84 bits per heavy atom. The van der Waals surface area contributed by atoms with E-state index in [-0.39, 0.29) is 34.8 Å². The van der Waals surface area contributed by atoms with Crippen molar-refractivity contribution in [2.24, 2.45) is 5.92 Å². The number of halogens is 1. The standard InChI is InChI=1S/C22H28FN3O4S/c1-4-15(2)24-22(27)18-9-7-13-26(14-18)31(28,29)21-16(3)25-30-20(21)12-11-17-8-5-6-10-19(17)23/h5-6,8,10-12,15,18H,4,7,9,13-14H2,1-3H3,(H,24,27). The van der Waals surface area contributed by atoms with Crippen LogP contribution in [0.1, 0.15) is 50.1 Å². The second kappa shape index (κ2) is 9.74. The van der Waals surface area contributed by atoms with E-state index in [1.165, 1.54) is 22.5 Å². The molecule has 1 saturated heterocycles. The molecule has 1 aromatic carbocycles. The van der Waals surface area contributed by atoms with Crippen LogP contribution >= 0.6 is 0 Å². The van der Waals surface area contributed by atoms with E-state index in [1.807, 2.05) is 13.8 Å². The van der Waals surface area contributed by atoms with Crippen LogP contribution in [0.15, 0.2) is 33.7 Å². The summed E-state index contributed by atoms with van der Waals surface area (Å²) in [7, 11) is -3.94. The molecule has 1 aliphatic rings. The zero-order valence-corrected chi connectivity index (χ0v) is 18.8. The quantitative estimate of drug-likeness (QED) is 0.697. The summed E-state index contributed by atoms with van der Waals surface area (Å²) >= 11 is 0. The van der Waals surface area contributed by atoms with E-state index in [1.54, 1.807) is 25.1 Å². The van der Waals surface area contributed by atoms with Crippen molar-refractivity contribution in [3.63, 3.8) is 0 Å². The number of nitrogens with one attached hydrogen (secondary N) is 1. The number of hydrogen-bond donors (Lipinski definition) is 1. The summed E-state index contributed by atoms with van der Waals surface area (Å²) in [4.78, 5) is 12.5. The van der Waals surface area contributed by atoms with Gasteiger partial charge in [0.1, 0.15) is 11.5 Å². The normalized spacial score (nSPS) is 18.9. The lowest BCUT2D eigenvalue weighted by molar-refractivity contribution is -0.126. The lowest BCUT2D eigenvalue weighted by atomic mass is 9.98. The van der Waals surface area contributed by atoms with Gasteiger partial charge in [-0.3, -0.25) is 4.79 Å². The van der Waals surface area contributed by atoms with Gasteiger partial charge in [0.15, 0.2) is 10.7 Å². The van der Waals surface area contributed by atoms with Gasteiger partial charge in [0.05, 0.1) is 5.92 Å². The van der Waals surface area contributed by atoms with E-state index in [0.717, 1.165) is 6.42 Å². The molecule has 1 fully saturated rings. The lowest BCUT2D eigenvalue weighted by Gasteiger charge is -2.31. The Morgan fingerprint density at radius 2 is 2.13 bits per heavy atom. The van der Waals surface area contributed by atoms with Crippen LogP contribution in [-0.4, -0.2) is 42.9 Å². The third-order valence-corrected chi connectivity index (χ3v) is 7.53. The molecule has 1 aromatic heterocycles. The molecule has 9 heteroatoms. The van der Waals surface area contributed by atoms with E-state index in [0.29, 0.717) is 24.9 Å². The smallest absolute Gasteiger partial charge is 0.248 e. The molecule has 31 heavy (non-hydrogen) atoms. The van der Waals surface area contributed by atoms with Crippen molar-refractivity contribution in [2.45, 2.75) is 51.0 Å². The summed E-state index contributed by atoms with van der Waals surface area (Å²) in [6.07, 6.45) is 4.88. The summed E-state index contributed by atoms with van der Waals surface area (Å²) < 4.78 is 47.2. The Balaban J connectivity index is 1.84. The number of carbonyl (C=O) groups is 1. The number of hydrogen-bond acceptors (Lipinski definition) is 5. The van der Waals surface area contributed by atoms with Crippen LogP contribution in [0.3, 0.4) is 0 Å². The Labute approximate surface area is 182 Å². The minimum atomic E-state index is -3.94. The van der Waals surface area contributed by atoms with Gasteiger partial charge in [-0.1, -0.05) is 30.3 Å². The van der Waals surface area contributed by atoms with Crippen molar-refractivity contribution in [3.8, 4) is 0 Å². The van der Waals surface area contributed by atoms with Crippen molar-refractivity contribution < 1.29 is 22.1 Å². The predicted molar refractivity (Wildman–Crippen MR) is 116 cm³/mol. The van der Waals surface area contributed by atoms with E-state index in [9.17, 15) is 17.6 Å². The molecular weight excluding hydrogens is 421 g/mol. The summed E-state index contributed by atoms with van der Waals surface area (Å²) in [6.45, 7) is 5.87. The fourth-order valence-corrected chi connectivity index (χ4v) is 5.32. The van der Waals surface area contributed by atoms with Gasteiger partial charge in [-0.2, -0.15) is 4.31 Å². The molecule has 1 amide bonds. The Bertz CT molecular complexity index is 1060. The maximum Gasteiger partial charge on any atom is 0.248 e. The lowest BCUT2D eigenvalue weighted by Crippen LogP contribution is -2.47. The molecule has 0 spiro atoms. The number of aromatic nitrogens is 1. The molecule has 2 heterocycles. The number of aryl methyl sites for hydroxylation is 1. The molecule has 168 valence electrons. The molecule has 3 rings (SSSR count). The van der Waals surface area contributed by atoms with Crippen molar-refractivity contribution in [1.29, 1.82) is 0 Å². The van der Waals surface area contributed by atoms with E-state index < -0.39 is 21.8 Å². The van der Waals surface area contributed by atoms with Crippen molar-refractivity contribution in [2.75, 3.05) is 13.1 Å². The van der Waals surface area contributed by atoms with Crippen LogP contribution in [-0.2, 0) is 14.8 Å². The average Bonchev–Trinajstić information content (AvgIpc) is 3.14. The highest BCUT2D eigenvalue weighted by Gasteiger charge is 2.37. The van der Waals surface area contributed by atoms with Crippen LogP contribution in [0, 0.1) is 18.7 Å². The highest BCUT2D eigenvalue weighted by atomic mass is 32.2. The Hall–Kier alpha value is -2.52. The molecule has 0 bridgehead atoms. The van der Waals surface area contributed by atoms with Crippen molar-refractivity contribution in [3.05, 3.63) is 47.1 Å². The topological polar surface area (TPSA) is 92.5 Å². The number of amides is 1. The van der Waals surface area contributed by atoms with Crippen LogP contribution in [0.4, 0.5) is 4.39 Å². The van der Waals surface area contributed by atoms with Crippen LogP contribution in [0.2, 0.25) is 0 Å². The van der Waals surface area contributed by atoms with Gasteiger partial charge in [-0.25, -0.2) is 12.8 Å². The molecule has 2 unspecified atom stereocenters. The maximum atomic E-state index is 13.9. The molecule has 0 saturated carbocycles. The fourth-order valence-electron chi connectivity index (χ4n) is 3.54. The Morgan fingerprint density at radius 1 is 1.39 bits per heavy atom. The third kappa shape index (κ3) is 5.22. The maximum absolute atomic E-state index is 13.9. The first-order valence-corrected chi connectivity index (χ1v) is 11.9. The number of piperidine rings is 1. The summed E-state index contributed by atoms with van der Waals surface area (Å²) in [6, 6.07) is 6.20. The van der Waals surface area contributed by atoms with Gasteiger partial charge in [0, 0.05) is 24.7 Å². The largest absolute Gasteiger partial charge is 0.355 e. The molecule has 0 radical (unpaired) electrons. The predicted octanol–water partition coefficient (Wildman–Crippen LogP) is 3.61. The van der Waals surface area contributed by atoms with Crippen LogP contribution in [0.25, 0.3) is 12.2 Å². The van der Waals surface area contributed by atoms with E-state index in [4.69, 9.17) is 4.52 Å². The second-order valence-electron chi connectivity index (χ2n) is 7.84. The van der Waals surface area contributed by atoms with Crippen molar-refractivity contribution in [1.82, 2.24) is 14.8 Å². The minimum absolute atomic E-state index is 0.0342. The molecule has 2 atom stereocenters. The summed E-state index contributed by atoms with van der Waals surface area (Å²) in [5, 5.41) is 6.75. The van der Waals surface area contributed by atoms with Gasteiger partial charge in [-0.05, 0) is 51.3 Å². The van der Waals surface area contributed by atoms with E-state index >= 15 is 0 Å². The molecule has 7 nitrogen and oxygen atoms in total. The van der Waals surface area contributed by atoms with Gasteiger partial charge in [0.2, 0.25) is 15.9 Å². The third-order valence-electron chi connectivity index (χ3n) is 5.51. The summed E-state index contributed by atoms with van der Waals surface area (Å²) in [5.74, 6) is -0.927. The molecule has 1 N–H and O–H groups in total. The zero-order chi connectivity index (χ0) is 22.6. The Kier molecular flexibility index (Phi) is 7.27. The van der Waals surface area contributed by atoms with Gasteiger partial charge < -0.3 is 9.84 Å². The number of benzene rings is 1. The SMILES string of the molecule is CCC(C)NC(=O)C1CCCN(S(=O)(=O)c2c(C)noc2C=Cc2ccccc2F)C1. The average molecular weight is 450 g/mol. The van der Waals surface area contributed by atoms with Gasteiger partial charge >= 0.3 is 0 Å². The van der Waals surface area contributed by atoms with Crippen LogP contribution in [0.5, 0.6) is 0 Å². The second-order valence-corrected chi connectivity index (χ2v) is 9.71. The summed E-state index contributed by atoms with van der Waals surface area (Å²) in [5.41, 5.74) is 0.527. The van der Waals surface area contributed by atoms with E-state index in [2.05, 4.69) is 10.5 Å². The van der Waals surface area contributed by atoms with Gasteiger partial charge in [0.25, 0.3) is 0 Å². The van der Waals surface area contributed by atoms with Gasteiger partial charge in [-0.15, -0.1) is 0 Å². The zero-order valence-electron chi connectivity index (χ0n) is 18.0. The number of sulfonamides is 1. The first-order chi connectivity index (χ1) is 14.7. The number of carbonyl (C=O) groups excluding carboxylic acids is 1. The first kappa shape index (κ1) is 23.1. The molecular formula is C22H28FN3O4S. The molecule has 2 aromatic rings. The highest BCUT2D eigenvalue weighted by molar-refractivity contribution is 7.89. The molecule has 1 aliphatic heterocycles. The first-order valence-electron chi connectivity index (χ1n) is 10.4. The number of rotatable bonds is 7. The monoisotopic (exact) mass is 449 g/mol. The molecule has 0 aliphatic carbocycles. The fraction of sp³-hybridized carbons (Fsp3) is 0.455. The minimum Gasteiger partial charge on any atom is -0.355 e.